The van der Waals surface area contributed by atoms with E-state index in [0.29, 0.717) is 30.4 Å². The molecule has 4 heterocycles. The second-order valence-electron chi connectivity index (χ2n) is 8.28. The molecule has 33 heavy (non-hydrogen) atoms. The molecule has 4 aromatic rings. The lowest BCUT2D eigenvalue weighted by molar-refractivity contribution is 0.130. The molecule has 0 aliphatic carbocycles. The number of carbonyl (C=O) groups is 1. The third-order valence-electron chi connectivity index (χ3n) is 6.10. The third kappa shape index (κ3) is 4.50. The number of aromatic nitrogens is 3. The molecule has 7 nitrogen and oxygen atoms in total. The van der Waals surface area contributed by atoms with Crippen LogP contribution in [0, 0.1) is 0 Å². The van der Waals surface area contributed by atoms with E-state index in [-0.39, 0.29) is 5.92 Å². The van der Waals surface area contributed by atoms with Crippen LogP contribution in [-0.2, 0) is 6.54 Å². The highest BCUT2D eigenvalue weighted by Gasteiger charge is 2.26. The molecule has 3 aromatic heterocycles. The average molecular weight is 462 g/mol. The third-order valence-corrected chi connectivity index (χ3v) is 6.41. The molecule has 0 spiro atoms. The highest BCUT2D eigenvalue weighted by atomic mass is 35.5. The summed E-state index contributed by atoms with van der Waals surface area (Å²) in [6.07, 6.45) is 2.65. The van der Waals surface area contributed by atoms with Crippen LogP contribution in [0.3, 0.4) is 0 Å². The summed E-state index contributed by atoms with van der Waals surface area (Å²) in [5, 5.41) is 14.2. The van der Waals surface area contributed by atoms with Gasteiger partial charge in [0.25, 0.3) is 0 Å². The summed E-state index contributed by atoms with van der Waals surface area (Å²) < 4.78 is 0. The van der Waals surface area contributed by atoms with Gasteiger partial charge in [0.2, 0.25) is 0 Å². The molecule has 1 unspecified atom stereocenters. The number of anilines is 1. The van der Waals surface area contributed by atoms with Crippen LogP contribution in [0.1, 0.15) is 30.0 Å². The van der Waals surface area contributed by atoms with Crippen LogP contribution in [-0.4, -0.2) is 44.1 Å². The van der Waals surface area contributed by atoms with Crippen LogP contribution in [0.4, 0.5) is 10.6 Å². The summed E-state index contributed by atoms with van der Waals surface area (Å²) in [7, 11) is 0. The van der Waals surface area contributed by atoms with Gasteiger partial charge >= 0.3 is 6.09 Å². The molecular formula is C25H24ClN5O2. The fraction of sp³-hybridized carbons (Fsp3) is 0.240. The van der Waals surface area contributed by atoms with Crippen molar-refractivity contribution in [3.8, 4) is 11.3 Å². The number of carboxylic acid groups (broad SMARTS) is 1. The fourth-order valence-corrected chi connectivity index (χ4v) is 4.60. The molecule has 168 valence electrons. The SMILES string of the molecule is O=C(O)N1CCCC(c2cc3c(-c4nc(NCc5ccccc5)ccc4Cl)ccnc3[nH]2)C1. The molecule has 3 N–H and O–H groups in total. The van der Waals surface area contributed by atoms with Crippen molar-refractivity contribution in [1.82, 2.24) is 19.9 Å². The topological polar surface area (TPSA) is 94.1 Å². The highest BCUT2D eigenvalue weighted by molar-refractivity contribution is 6.33. The number of hydrogen-bond donors (Lipinski definition) is 3. The average Bonchev–Trinajstić information content (AvgIpc) is 3.29. The van der Waals surface area contributed by atoms with E-state index in [1.165, 1.54) is 10.5 Å². The standard InChI is InChI=1S/C25H24ClN5O2/c26-20-8-9-22(28-14-16-5-2-1-3-6-16)30-23(20)18-10-11-27-24-19(18)13-21(29-24)17-7-4-12-31(15-17)25(32)33/h1-3,5-6,8-11,13,17H,4,7,12,14-15H2,(H,27,29)(H,28,30)(H,32,33). The van der Waals surface area contributed by atoms with E-state index < -0.39 is 6.09 Å². The first kappa shape index (κ1) is 21.3. The fourth-order valence-electron chi connectivity index (χ4n) is 4.40. The van der Waals surface area contributed by atoms with Gasteiger partial charge in [0.15, 0.2) is 0 Å². The Morgan fingerprint density at radius 3 is 2.88 bits per heavy atom. The predicted molar refractivity (Wildman–Crippen MR) is 130 cm³/mol. The smallest absolute Gasteiger partial charge is 0.407 e. The number of nitrogens with one attached hydrogen (secondary N) is 2. The Morgan fingerprint density at radius 1 is 1.21 bits per heavy atom. The summed E-state index contributed by atoms with van der Waals surface area (Å²) in [6, 6.07) is 17.8. The highest BCUT2D eigenvalue weighted by Crippen LogP contribution is 2.35. The lowest BCUT2D eigenvalue weighted by Crippen LogP contribution is -2.38. The molecule has 1 amide bonds. The number of pyridine rings is 2. The number of aromatic amines is 1. The maximum Gasteiger partial charge on any atom is 0.407 e. The van der Waals surface area contributed by atoms with E-state index in [0.717, 1.165) is 41.0 Å². The summed E-state index contributed by atoms with van der Waals surface area (Å²) >= 11 is 6.56. The zero-order valence-corrected chi connectivity index (χ0v) is 18.7. The van der Waals surface area contributed by atoms with Gasteiger partial charge in [0.1, 0.15) is 11.5 Å². The molecule has 1 aromatic carbocycles. The maximum absolute atomic E-state index is 11.4. The number of halogens is 1. The van der Waals surface area contributed by atoms with E-state index in [9.17, 15) is 9.90 Å². The van der Waals surface area contributed by atoms with Crippen molar-refractivity contribution in [2.24, 2.45) is 0 Å². The molecule has 1 aliphatic heterocycles. The first-order valence-corrected chi connectivity index (χ1v) is 11.4. The molecular weight excluding hydrogens is 438 g/mol. The lowest BCUT2D eigenvalue weighted by atomic mass is 9.95. The Balaban J connectivity index is 1.45. The summed E-state index contributed by atoms with van der Waals surface area (Å²) in [5.74, 6) is 0.850. The number of fused-ring (bicyclic) bond motifs is 1. The number of H-pyrrole nitrogens is 1. The Bertz CT molecular complexity index is 1290. The van der Waals surface area contributed by atoms with Gasteiger partial charge in [-0.1, -0.05) is 41.9 Å². The van der Waals surface area contributed by atoms with Gasteiger partial charge in [-0.15, -0.1) is 0 Å². The number of amides is 1. The van der Waals surface area contributed by atoms with Crippen LogP contribution in [0.5, 0.6) is 0 Å². The number of piperidine rings is 1. The van der Waals surface area contributed by atoms with Crippen LogP contribution < -0.4 is 5.32 Å². The summed E-state index contributed by atoms with van der Waals surface area (Å²) in [4.78, 5) is 25.6. The van der Waals surface area contributed by atoms with Crippen LogP contribution in [0.25, 0.3) is 22.3 Å². The van der Waals surface area contributed by atoms with E-state index in [2.05, 4.69) is 33.5 Å². The van der Waals surface area contributed by atoms with Crippen LogP contribution in [0.15, 0.2) is 60.8 Å². The molecule has 5 rings (SSSR count). The number of benzene rings is 1. The van der Waals surface area contributed by atoms with Crippen molar-refractivity contribution < 1.29 is 9.90 Å². The van der Waals surface area contributed by atoms with Crippen molar-refractivity contribution in [1.29, 1.82) is 0 Å². The van der Waals surface area contributed by atoms with Gasteiger partial charge < -0.3 is 20.3 Å². The lowest BCUT2D eigenvalue weighted by Gasteiger charge is -2.30. The van der Waals surface area contributed by atoms with Gasteiger partial charge in [-0.25, -0.2) is 14.8 Å². The first-order chi connectivity index (χ1) is 16.1. The van der Waals surface area contributed by atoms with Crippen molar-refractivity contribution >= 4 is 34.5 Å². The molecule has 0 saturated carbocycles. The molecule has 1 saturated heterocycles. The number of likely N-dealkylation sites (tertiary alicyclic amines) is 1. The Hall–Kier alpha value is -3.58. The Labute approximate surface area is 196 Å². The van der Waals surface area contributed by atoms with Crippen molar-refractivity contribution in [2.45, 2.75) is 25.3 Å². The molecule has 0 radical (unpaired) electrons. The molecule has 1 atom stereocenters. The molecule has 8 heteroatoms. The molecule has 0 bridgehead atoms. The zero-order valence-electron chi connectivity index (χ0n) is 18.0. The van der Waals surface area contributed by atoms with E-state index in [1.807, 2.05) is 36.4 Å². The zero-order chi connectivity index (χ0) is 22.8. The van der Waals surface area contributed by atoms with E-state index >= 15 is 0 Å². The van der Waals surface area contributed by atoms with Crippen LogP contribution in [0.2, 0.25) is 5.02 Å². The van der Waals surface area contributed by atoms with Gasteiger partial charge in [-0.3, -0.25) is 0 Å². The maximum atomic E-state index is 11.4. The predicted octanol–water partition coefficient (Wildman–Crippen LogP) is 5.75. The molecule has 1 aliphatic rings. The first-order valence-electron chi connectivity index (χ1n) is 11.0. The van der Waals surface area contributed by atoms with E-state index in [1.54, 1.807) is 6.20 Å². The van der Waals surface area contributed by atoms with Crippen molar-refractivity contribution in [3.05, 3.63) is 77.1 Å². The monoisotopic (exact) mass is 461 g/mol. The second kappa shape index (κ2) is 9.11. The largest absolute Gasteiger partial charge is 0.465 e. The summed E-state index contributed by atoms with van der Waals surface area (Å²) in [5.41, 5.74) is 4.48. The minimum absolute atomic E-state index is 0.110. The quantitative estimate of drug-likeness (QED) is 0.352. The summed E-state index contributed by atoms with van der Waals surface area (Å²) in [6.45, 7) is 1.73. The molecule has 1 fully saturated rings. The van der Waals surface area contributed by atoms with Gasteiger partial charge in [0, 0.05) is 48.4 Å². The van der Waals surface area contributed by atoms with Gasteiger partial charge in [-0.05, 0) is 42.7 Å². The minimum atomic E-state index is -0.870. The second-order valence-corrected chi connectivity index (χ2v) is 8.69. The number of nitrogens with zero attached hydrogens (tertiary/aromatic N) is 3. The number of hydrogen-bond acceptors (Lipinski definition) is 4. The van der Waals surface area contributed by atoms with Crippen LogP contribution >= 0.6 is 11.6 Å². The van der Waals surface area contributed by atoms with E-state index in [4.69, 9.17) is 16.6 Å². The van der Waals surface area contributed by atoms with Crippen molar-refractivity contribution in [2.75, 3.05) is 18.4 Å². The minimum Gasteiger partial charge on any atom is -0.465 e. The van der Waals surface area contributed by atoms with Gasteiger partial charge in [0.05, 0.1) is 10.7 Å². The normalized spacial score (nSPS) is 16.2. The van der Waals surface area contributed by atoms with Gasteiger partial charge in [-0.2, -0.15) is 0 Å². The van der Waals surface area contributed by atoms with Crippen molar-refractivity contribution in [3.63, 3.8) is 0 Å². The number of rotatable bonds is 5. The Kier molecular flexibility index (Phi) is 5.88. The Morgan fingerprint density at radius 2 is 2.06 bits per heavy atom.